The number of rotatable bonds is 3. The first-order valence-corrected chi connectivity index (χ1v) is 4.99. The second-order valence-corrected chi connectivity index (χ2v) is 3.23. The van der Waals surface area contributed by atoms with Gasteiger partial charge in [0.05, 0.1) is 6.21 Å². The van der Waals surface area contributed by atoms with E-state index in [0.29, 0.717) is 5.11 Å². The summed E-state index contributed by atoms with van der Waals surface area (Å²) >= 11 is 4.91. The second-order valence-electron chi connectivity index (χ2n) is 2.82. The molecule has 0 aliphatic rings. The Morgan fingerprint density at radius 2 is 2.40 bits per heavy atom. The van der Waals surface area contributed by atoms with Crippen LogP contribution in [0.15, 0.2) is 29.4 Å². The van der Waals surface area contributed by atoms with Crippen molar-refractivity contribution in [2.75, 3.05) is 6.54 Å². The normalized spacial score (nSPS) is 10.2. The number of phenols is 1. The highest BCUT2D eigenvalue weighted by molar-refractivity contribution is 7.80. The standard InChI is InChI=1S/C10H13N3OS/c1-2-11-10(15)13-12-7-8-4-3-5-9(14)6-8/h3-7,14H,2H2,1H3,(H2,11,13,15)/b12-7+. The molecule has 0 aromatic heterocycles. The Labute approximate surface area is 94.0 Å². The molecule has 0 radical (unpaired) electrons. The number of aromatic hydroxyl groups is 1. The predicted molar refractivity (Wildman–Crippen MR) is 65.1 cm³/mol. The number of hydrazone groups is 1. The topological polar surface area (TPSA) is 56.7 Å². The van der Waals surface area contributed by atoms with Crippen molar-refractivity contribution < 1.29 is 5.11 Å². The fraction of sp³-hybridized carbons (Fsp3) is 0.200. The third kappa shape index (κ3) is 4.42. The number of nitrogens with one attached hydrogen (secondary N) is 2. The fourth-order valence-corrected chi connectivity index (χ4v) is 1.17. The predicted octanol–water partition coefficient (Wildman–Crippen LogP) is 1.21. The van der Waals surface area contributed by atoms with Gasteiger partial charge >= 0.3 is 0 Å². The van der Waals surface area contributed by atoms with Crippen LogP contribution in [-0.4, -0.2) is 23.0 Å². The van der Waals surface area contributed by atoms with E-state index in [-0.39, 0.29) is 5.75 Å². The summed E-state index contributed by atoms with van der Waals surface area (Å²) in [4.78, 5) is 0. The number of phenolic OH excluding ortho intramolecular Hbond substituents is 1. The molecule has 15 heavy (non-hydrogen) atoms. The van der Waals surface area contributed by atoms with Gasteiger partial charge < -0.3 is 10.4 Å². The molecular formula is C10H13N3OS. The van der Waals surface area contributed by atoms with Gasteiger partial charge in [0.2, 0.25) is 0 Å². The molecule has 5 heteroatoms. The van der Waals surface area contributed by atoms with Gasteiger partial charge in [0, 0.05) is 6.54 Å². The molecule has 1 aromatic carbocycles. The van der Waals surface area contributed by atoms with Crippen molar-refractivity contribution in [3.63, 3.8) is 0 Å². The minimum atomic E-state index is 0.216. The molecule has 0 saturated carbocycles. The highest BCUT2D eigenvalue weighted by Crippen LogP contribution is 2.08. The summed E-state index contributed by atoms with van der Waals surface area (Å²) < 4.78 is 0. The molecule has 0 spiro atoms. The quantitative estimate of drug-likeness (QED) is 0.409. The first-order chi connectivity index (χ1) is 7.22. The van der Waals surface area contributed by atoms with Crippen LogP contribution in [0.5, 0.6) is 5.75 Å². The van der Waals surface area contributed by atoms with Crippen molar-refractivity contribution in [3.8, 4) is 5.75 Å². The lowest BCUT2D eigenvalue weighted by Crippen LogP contribution is -2.31. The molecule has 80 valence electrons. The van der Waals surface area contributed by atoms with Crippen LogP contribution >= 0.6 is 12.2 Å². The van der Waals surface area contributed by atoms with Crippen molar-refractivity contribution in [2.45, 2.75) is 6.92 Å². The van der Waals surface area contributed by atoms with E-state index in [1.165, 1.54) is 0 Å². The van der Waals surface area contributed by atoms with Crippen molar-refractivity contribution in [1.82, 2.24) is 10.7 Å². The van der Waals surface area contributed by atoms with Crippen LogP contribution in [0.1, 0.15) is 12.5 Å². The second kappa shape index (κ2) is 5.98. The average molecular weight is 223 g/mol. The Hall–Kier alpha value is -1.62. The van der Waals surface area contributed by atoms with Crippen LogP contribution in [0.2, 0.25) is 0 Å². The van der Waals surface area contributed by atoms with Gasteiger partial charge in [-0.1, -0.05) is 12.1 Å². The lowest BCUT2D eigenvalue weighted by molar-refractivity contribution is 0.475. The maximum atomic E-state index is 9.19. The summed E-state index contributed by atoms with van der Waals surface area (Å²) in [5, 5.41) is 16.5. The summed E-state index contributed by atoms with van der Waals surface area (Å²) in [5.41, 5.74) is 3.47. The SMILES string of the molecule is CCNC(=S)N/N=C/c1cccc(O)c1. The van der Waals surface area contributed by atoms with Gasteiger partial charge in [-0.05, 0) is 36.8 Å². The average Bonchev–Trinajstić information content (AvgIpc) is 2.18. The fourth-order valence-electron chi connectivity index (χ4n) is 0.971. The van der Waals surface area contributed by atoms with Gasteiger partial charge in [-0.3, -0.25) is 5.43 Å². The monoisotopic (exact) mass is 223 g/mol. The zero-order chi connectivity index (χ0) is 11.1. The van der Waals surface area contributed by atoms with Gasteiger partial charge in [0.25, 0.3) is 0 Å². The highest BCUT2D eigenvalue weighted by atomic mass is 32.1. The van der Waals surface area contributed by atoms with Crippen LogP contribution in [0.25, 0.3) is 0 Å². The molecule has 0 heterocycles. The number of hydrogen-bond acceptors (Lipinski definition) is 3. The molecule has 0 aliphatic heterocycles. The van der Waals surface area contributed by atoms with E-state index >= 15 is 0 Å². The molecule has 0 bridgehead atoms. The maximum absolute atomic E-state index is 9.19. The molecule has 1 rings (SSSR count). The molecule has 0 unspecified atom stereocenters. The lowest BCUT2D eigenvalue weighted by Gasteiger charge is -2.02. The Kier molecular flexibility index (Phi) is 4.56. The van der Waals surface area contributed by atoms with Crippen molar-refractivity contribution in [3.05, 3.63) is 29.8 Å². The van der Waals surface area contributed by atoms with E-state index in [4.69, 9.17) is 12.2 Å². The van der Waals surface area contributed by atoms with Gasteiger partial charge in [0.1, 0.15) is 5.75 Å². The lowest BCUT2D eigenvalue weighted by atomic mass is 10.2. The van der Waals surface area contributed by atoms with Gasteiger partial charge in [0.15, 0.2) is 5.11 Å². The zero-order valence-corrected chi connectivity index (χ0v) is 9.21. The number of nitrogens with zero attached hydrogens (tertiary/aromatic N) is 1. The molecule has 3 N–H and O–H groups in total. The molecule has 1 aromatic rings. The van der Waals surface area contributed by atoms with Gasteiger partial charge in [-0.25, -0.2) is 0 Å². The van der Waals surface area contributed by atoms with Crippen molar-refractivity contribution >= 4 is 23.5 Å². The highest BCUT2D eigenvalue weighted by Gasteiger charge is 1.90. The van der Waals surface area contributed by atoms with Crippen LogP contribution in [-0.2, 0) is 0 Å². The van der Waals surface area contributed by atoms with Crippen molar-refractivity contribution in [2.24, 2.45) is 5.10 Å². The number of benzene rings is 1. The van der Waals surface area contributed by atoms with E-state index in [9.17, 15) is 5.11 Å². The Morgan fingerprint density at radius 1 is 1.60 bits per heavy atom. The van der Waals surface area contributed by atoms with E-state index in [0.717, 1.165) is 12.1 Å². The summed E-state index contributed by atoms with van der Waals surface area (Å²) in [6.45, 7) is 2.71. The number of thiocarbonyl (C=S) groups is 1. The zero-order valence-electron chi connectivity index (χ0n) is 8.40. The summed E-state index contributed by atoms with van der Waals surface area (Å²) in [5.74, 6) is 0.216. The van der Waals surface area contributed by atoms with E-state index in [1.807, 2.05) is 13.0 Å². The molecule has 0 fully saturated rings. The van der Waals surface area contributed by atoms with Gasteiger partial charge in [-0.2, -0.15) is 5.10 Å². The first-order valence-electron chi connectivity index (χ1n) is 4.58. The largest absolute Gasteiger partial charge is 0.508 e. The minimum Gasteiger partial charge on any atom is -0.508 e. The minimum absolute atomic E-state index is 0.216. The van der Waals surface area contributed by atoms with Crippen LogP contribution < -0.4 is 10.7 Å². The molecule has 0 atom stereocenters. The molecule has 0 amide bonds. The third-order valence-electron chi connectivity index (χ3n) is 1.59. The molecule has 0 saturated heterocycles. The first kappa shape index (κ1) is 11.5. The maximum Gasteiger partial charge on any atom is 0.186 e. The molecule has 4 nitrogen and oxygen atoms in total. The van der Waals surface area contributed by atoms with E-state index in [1.54, 1.807) is 24.4 Å². The Balaban J connectivity index is 2.48. The van der Waals surface area contributed by atoms with E-state index in [2.05, 4.69) is 15.8 Å². The Bertz CT molecular complexity index is 365. The van der Waals surface area contributed by atoms with Crippen LogP contribution in [0.3, 0.4) is 0 Å². The van der Waals surface area contributed by atoms with Crippen LogP contribution in [0.4, 0.5) is 0 Å². The molecular weight excluding hydrogens is 210 g/mol. The van der Waals surface area contributed by atoms with Gasteiger partial charge in [-0.15, -0.1) is 0 Å². The van der Waals surface area contributed by atoms with Crippen molar-refractivity contribution in [1.29, 1.82) is 0 Å². The summed E-state index contributed by atoms with van der Waals surface area (Å²) in [6, 6.07) is 6.80. The number of hydrogen-bond donors (Lipinski definition) is 3. The molecule has 0 aliphatic carbocycles. The summed E-state index contributed by atoms with van der Waals surface area (Å²) in [7, 11) is 0. The van der Waals surface area contributed by atoms with Crippen LogP contribution in [0, 0.1) is 0 Å². The smallest absolute Gasteiger partial charge is 0.186 e. The Morgan fingerprint density at radius 3 is 3.07 bits per heavy atom. The third-order valence-corrected chi connectivity index (χ3v) is 1.82. The van der Waals surface area contributed by atoms with E-state index < -0.39 is 0 Å². The summed E-state index contributed by atoms with van der Waals surface area (Å²) in [6.07, 6.45) is 1.59.